The molecule has 5 rings (SSSR count). The number of carbonyl (C=O) groups excluding carboxylic acids is 1. The lowest BCUT2D eigenvalue weighted by Gasteiger charge is -2.23. The summed E-state index contributed by atoms with van der Waals surface area (Å²) < 4.78 is 30.9. The van der Waals surface area contributed by atoms with Crippen LogP contribution in [0.25, 0.3) is 11.0 Å². The molecular formula is C24H29N5O4S. The number of rotatable bonds is 9. The Hall–Kier alpha value is -3.11. The van der Waals surface area contributed by atoms with Crippen molar-refractivity contribution in [3.63, 3.8) is 0 Å². The molecule has 1 saturated heterocycles. The van der Waals surface area contributed by atoms with Crippen LogP contribution in [0.5, 0.6) is 5.75 Å². The van der Waals surface area contributed by atoms with Crippen LogP contribution in [0.1, 0.15) is 32.6 Å². The van der Waals surface area contributed by atoms with Crippen molar-refractivity contribution in [2.24, 2.45) is 5.92 Å². The maximum Gasteiger partial charge on any atom is 0.339 e. The van der Waals surface area contributed by atoms with Gasteiger partial charge in [-0.25, -0.2) is 4.98 Å². The molecule has 180 valence electrons. The molecule has 0 radical (unpaired) electrons. The molecule has 0 spiro atoms. The molecule has 3 aromatic rings. The van der Waals surface area contributed by atoms with Gasteiger partial charge in [-0.1, -0.05) is 6.92 Å². The number of anilines is 2. The summed E-state index contributed by atoms with van der Waals surface area (Å²) in [4.78, 5) is 21.8. The van der Waals surface area contributed by atoms with Gasteiger partial charge in [0.1, 0.15) is 10.6 Å². The van der Waals surface area contributed by atoms with Crippen LogP contribution in [0.3, 0.4) is 0 Å². The second kappa shape index (κ2) is 9.27. The number of amides is 1. The number of carbonyl (C=O) groups is 1. The van der Waals surface area contributed by atoms with E-state index in [4.69, 9.17) is 4.18 Å². The first-order valence-corrected chi connectivity index (χ1v) is 13.2. The van der Waals surface area contributed by atoms with Gasteiger partial charge in [0.2, 0.25) is 11.9 Å². The van der Waals surface area contributed by atoms with E-state index in [0.717, 1.165) is 38.2 Å². The molecule has 2 fully saturated rings. The van der Waals surface area contributed by atoms with Crippen molar-refractivity contribution < 1.29 is 17.4 Å². The van der Waals surface area contributed by atoms with Gasteiger partial charge in [0.05, 0.1) is 11.0 Å². The second-order valence-electron chi connectivity index (χ2n) is 8.90. The fraction of sp³-hybridized carbons (Fsp3) is 0.417. The van der Waals surface area contributed by atoms with Crippen LogP contribution in [-0.4, -0.2) is 54.9 Å². The topological polar surface area (TPSA) is 116 Å². The molecule has 1 unspecified atom stereocenters. The quantitative estimate of drug-likeness (QED) is 0.398. The molecule has 2 heterocycles. The number of imidazole rings is 1. The van der Waals surface area contributed by atoms with E-state index in [0.29, 0.717) is 23.0 Å². The Balaban J connectivity index is 1.23. The van der Waals surface area contributed by atoms with E-state index in [1.807, 2.05) is 0 Å². The third-order valence-corrected chi connectivity index (χ3v) is 7.70. The molecule has 10 heteroatoms. The number of H-pyrrole nitrogens is 1. The van der Waals surface area contributed by atoms with Gasteiger partial charge < -0.3 is 14.5 Å². The average molecular weight is 484 g/mol. The number of aromatic amines is 1. The number of hydrogen-bond donors (Lipinski definition) is 3. The summed E-state index contributed by atoms with van der Waals surface area (Å²) in [5.41, 5.74) is 2.06. The average Bonchev–Trinajstić information content (AvgIpc) is 3.45. The Morgan fingerprint density at radius 2 is 1.97 bits per heavy atom. The monoisotopic (exact) mass is 483 g/mol. The Labute approximate surface area is 199 Å². The van der Waals surface area contributed by atoms with Crippen LogP contribution in [0.15, 0.2) is 47.4 Å². The highest BCUT2D eigenvalue weighted by Gasteiger charge is 2.30. The number of nitrogens with zero attached hydrogens (tertiary/aromatic N) is 2. The van der Waals surface area contributed by atoms with E-state index < -0.39 is 10.1 Å². The Bertz CT molecular complexity index is 1280. The summed E-state index contributed by atoms with van der Waals surface area (Å²) >= 11 is 0. The number of fused-ring (bicyclic) bond motifs is 1. The SMILES string of the molecule is CCN1CCCC1CNc1ccc(S(=O)(=O)Oc2ccc3[nH]c(NC(=O)C4CC4)nc3c2)cc1. The lowest BCUT2D eigenvalue weighted by atomic mass is 10.2. The van der Waals surface area contributed by atoms with Gasteiger partial charge >= 0.3 is 10.1 Å². The fourth-order valence-electron chi connectivity index (χ4n) is 4.35. The molecule has 2 aliphatic rings. The number of hydrogen-bond acceptors (Lipinski definition) is 7. The minimum absolute atomic E-state index is 0.0537. The molecule has 1 aromatic heterocycles. The summed E-state index contributed by atoms with van der Waals surface area (Å²) in [7, 11) is -4.00. The van der Waals surface area contributed by atoms with Crippen LogP contribution in [0.4, 0.5) is 11.6 Å². The zero-order valence-corrected chi connectivity index (χ0v) is 19.9. The third-order valence-electron chi connectivity index (χ3n) is 6.44. The highest BCUT2D eigenvalue weighted by Crippen LogP contribution is 2.30. The molecule has 2 aromatic carbocycles. The van der Waals surface area contributed by atoms with Crippen molar-refractivity contribution in [3.8, 4) is 5.75 Å². The Morgan fingerprint density at radius 3 is 2.71 bits per heavy atom. The second-order valence-corrected chi connectivity index (χ2v) is 10.4. The van der Waals surface area contributed by atoms with Gasteiger partial charge in [0, 0.05) is 30.3 Å². The van der Waals surface area contributed by atoms with Gasteiger partial charge in [-0.2, -0.15) is 8.42 Å². The maximum absolute atomic E-state index is 12.8. The maximum atomic E-state index is 12.8. The number of benzene rings is 2. The Kier molecular flexibility index (Phi) is 6.18. The molecule has 1 aliphatic carbocycles. The van der Waals surface area contributed by atoms with E-state index in [2.05, 4.69) is 32.4 Å². The molecule has 1 aliphatic heterocycles. The summed E-state index contributed by atoms with van der Waals surface area (Å²) in [5.74, 6) is 0.506. The van der Waals surface area contributed by atoms with E-state index in [9.17, 15) is 13.2 Å². The van der Waals surface area contributed by atoms with E-state index >= 15 is 0 Å². The van der Waals surface area contributed by atoms with E-state index in [1.54, 1.807) is 36.4 Å². The zero-order chi connectivity index (χ0) is 23.7. The van der Waals surface area contributed by atoms with Gasteiger partial charge in [-0.15, -0.1) is 0 Å². The van der Waals surface area contributed by atoms with Crippen LogP contribution < -0.4 is 14.8 Å². The summed E-state index contributed by atoms with van der Waals surface area (Å²) in [6.45, 7) is 5.19. The number of aromatic nitrogens is 2. The highest BCUT2D eigenvalue weighted by atomic mass is 32.2. The van der Waals surface area contributed by atoms with E-state index in [1.165, 1.54) is 18.9 Å². The van der Waals surface area contributed by atoms with Gasteiger partial charge in [0.25, 0.3) is 0 Å². The molecule has 9 nitrogen and oxygen atoms in total. The Morgan fingerprint density at radius 1 is 1.18 bits per heavy atom. The van der Waals surface area contributed by atoms with Crippen molar-refractivity contribution in [1.29, 1.82) is 0 Å². The lowest BCUT2D eigenvalue weighted by molar-refractivity contribution is -0.117. The summed E-state index contributed by atoms with van der Waals surface area (Å²) in [5, 5.41) is 6.16. The van der Waals surface area contributed by atoms with Crippen molar-refractivity contribution >= 4 is 38.7 Å². The van der Waals surface area contributed by atoms with Crippen LogP contribution >= 0.6 is 0 Å². The lowest BCUT2D eigenvalue weighted by Crippen LogP contribution is -2.34. The molecule has 1 amide bonds. The normalized spacial score (nSPS) is 18.8. The van der Waals surface area contributed by atoms with Crippen LogP contribution in [0.2, 0.25) is 0 Å². The fourth-order valence-corrected chi connectivity index (χ4v) is 5.28. The summed E-state index contributed by atoms with van der Waals surface area (Å²) in [6, 6.07) is 11.9. The smallest absolute Gasteiger partial charge is 0.339 e. The number of likely N-dealkylation sites (tertiary alicyclic amines) is 1. The predicted molar refractivity (Wildman–Crippen MR) is 130 cm³/mol. The molecular weight excluding hydrogens is 454 g/mol. The standard InChI is InChI=1S/C24H29N5O4S/c1-2-29-13-3-4-18(29)15-25-17-7-10-20(11-8-17)34(31,32)33-19-9-12-21-22(14-19)27-24(26-21)28-23(30)16-5-6-16/h7-12,14,16,18,25H,2-6,13,15H2,1H3,(H2,26,27,28,30). The minimum Gasteiger partial charge on any atom is -0.383 e. The van der Waals surface area contributed by atoms with Crippen molar-refractivity contribution in [2.75, 3.05) is 30.3 Å². The minimum atomic E-state index is -4.00. The predicted octanol–water partition coefficient (Wildman–Crippen LogP) is 3.58. The zero-order valence-electron chi connectivity index (χ0n) is 19.1. The molecule has 3 N–H and O–H groups in total. The summed E-state index contributed by atoms with van der Waals surface area (Å²) in [6.07, 6.45) is 4.19. The largest absolute Gasteiger partial charge is 0.383 e. The van der Waals surface area contributed by atoms with Gasteiger partial charge in [-0.3, -0.25) is 15.0 Å². The van der Waals surface area contributed by atoms with E-state index in [-0.39, 0.29) is 22.5 Å². The highest BCUT2D eigenvalue weighted by molar-refractivity contribution is 7.87. The van der Waals surface area contributed by atoms with Gasteiger partial charge in [0.15, 0.2) is 0 Å². The van der Waals surface area contributed by atoms with Crippen molar-refractivity contribution in [3.05, 3.63) is 42.5 Å². The molecule has 34 heavy (non-hydrogen) atoms. The van der Waals surface area contributed by atoms with Gasteiger partial charge in [-0.05, 0) is 75.2 Å². The van der Waals surface area contributed by atoms with Crippen LogP contribution in [0, 0.1) is 5.92 Å². The first kappa shape index (κ1) is 22.7. The number of likely N-dealkylation sites (N-methyl/N-ethyl adjacent to an activating group) is 1. The van der Waals surface area contributed by atoms with Crippen molar-refractivity contribution in [1.82, 2.24) is 14.9 Å². The van der Waals surface area contributed by atoms with Crippen molar-refractivity contribution in [2.45, 2.75) is 43.5 Å². The third kappa shape index (κ3) is 5.02. The first-order valence-electron chi connectivity index (χ1n) is 11.7. The first-order chi connectivity index (χ1) is 16.4. The molecule has 1 saturated carbocycles. The molecule has 1 atom stereocenters. The molecule has 0 bridgehead atoms. The van der Waals surface area contributed by atoms with Crippen LogP contribution in [-0.2, 0) is 14.9 Å². The number of nitrogens with one attached hydrogen (secondary N) is 3.